The van der Waals surface area contributed by atoms with Crippen molar-refractivity contribution in [3.8, 4) is 0 Å². The Morgan fingerprint density at radius 1 is 1.32 bits per heavy atom. The molecular formula is C17H25N3O2. The third-order valence-electron chi connectivity index (χ3n) is 3.98. The molecule has 1 aromatic heterocycles. The molecular weight excluding hydrogens is 278 g/mol. The predicted molar refractivity (Wildman–Crippen MR) is 85.8 cm³/mol. The van der Waals surface area contributed by atoms with Crippen molar-refractivity contribution in [2.45, 2.75) is 58.5 Å². The topological polar surface area (TPSA) is 62.3 Å². The zero-order valence-corrected chi connectivity index (χ0v) is 13.6. The summed E-state index contributed by atoms with van der Waals surface area (Å²) in [7, 11) is 0. The maximum Gasteiger partial charge on any atom is 0.272 e. The quantitative estimate of drug-likeness (QED) is 0.930. The molecule has 0 spiro atoms. The van der Waals surface area contributed by atoms with Crippen LogP contribution in [-0.2, 0) is 0 Å². The number of amides is 2. The predicted octanol–water partition coefficient (Wildman–Crippen LogP) is 2.62. The molecule has 0 aliphatic carbocycles. The normalized spacial score (nSPS) is 18.4. The Morgan fingerprint density at radius 3 is 2.73 bits per heavy atom. The van der Waals surface area contributed by atoms with Gasteiger partial charge in [0.2, 0.25) is 0 Å². The van der Waals surface area contributed by atoms with Gasteiger partial charge in [0.05, 0.1) is 0 Å². The second kappa shape index (κ2) is 7.38. The summed E-state index contributed by atoms with van der Waals surface area (Å²) in [6.45, 7) is 6.68. The third kappa shape index (κ3) is 3.84. The van der Waals surface area contributed by atoms with E-state index in [0.717, 1.165) is 25.8 Å². The molecule has 22 heavy (non-hydrogen) atoms. The van der Waals surface area contributed by atoms with Gasteiger partial charge in [-0.3, -0.25) is 9.59 Å². The van der Waals surface area contributed by atoms with E-state index in [9.17, 15) is 9.59 Å². The largest absolute Gasteiger partial charge is 0.349 e. The number of piperidine rings is 1. The van der Waals surface area contributed by atoms with Gasteiger partial charge in [-0.25, -0.2) is 4.98 Å². The van der Waals surface area contributed by atoms with Crippen molar-refractivity contribution >= 4 is 11.8 Å². The Balaban J connectivity index is 2.17. The average molecular weight is 303 g/mol. The van der Waals surface area contributed by atoms with Crippen LogP contribution in [0.1, 0.15) is 67.4 Å². The Labute approximate surface area is 132 Å². The molecule has 1 N–H and O–H groups in total. The first-order valence-corrected chi connectivity index (χ1v) is 8.11. The Bertz CT molecular complexity index is 542. The number of hydrogen-bond acceptors (Lipinski definition) is 3. The fourth-order valence-electron chi connectivity index (χ4n) is 2.86. The SMILES string of the molecule is CCC1CCCCN1C(=O)c1cccc(C(=O)NC(C)C)n1. The van der Waals surface area contributed by atoms with Gasteiger partial charge < -0.3 is 10.2 Å². The van der Waals surface area contributed by atoms with E-state index in [0.29, 0.717) is 11.4 Å². The van der Waals surface area contributed by atoms with Crippen molar-refractivity contribution in [2.75, 3.05) is 6.54 Å². The average Bonchev–Trinajstić information content (AvgIpc) is 2.53. The molecule has 120 valence electrons. The van der Waals surface area contributed by atoms with Crippen LogP contribution in [0.4, 0.5) is 0 Å². The molecule has 0 saturated carbocycles. The van der Waals surface area contributed by atoms with Crippen LogP contribution in [0, 0.1) is 0 Å². The summed E-state index contributed by atoms with van der Waals surface area (Å²) in [6.07, 6.45) is 4.22. The van der Waals surface area contributed by atoms with E-state index in [1.165, 1.54) is 6.42 Å². The highest BCUT2D eigenvalue weighted by Crippen LogP contribution is 2.21. The molecule has 0 aromatic carbocycles. The molecule has 2 heterocycles. The molecule has 1 aromatic rings. The molecule has 2 amide bonds. The van der Waals surface area contributed by atoms with Crippen molar-refractivity contribution in [1.82, 2.24) is 15.2 Å². The van der Waals surface area contributed by atoms with Gasteiger partial charge in [0.1, 0.15) is 11.4 Å². The van der Waals surface area contributed by atoms with Crippen LogP contribution < -0.4 is 5.32 Å². The maximum absolute atomic E-state index is 12.7. The molecule has 5 heteroatoms. The lowest BCUT2D eigenvalue weighted by Crippen LogP contribution is -2.43. The van der Waals surface area contributed by atoms with Crippen LogP contribution >= 0.6 is 0 Å². The summed E-state index contributed by atoms with van der Waals surface area (Å²) < 4.78 is 0. The number of carbonyl (C=O) groups excluding carboxylic acids is 2. The number of nitrogens with one attached hydrogen (secondary N) is 1. The summed E-state index contributed by atoms with van der Waals surface area (Å²) in [4.78, 5) is 30.9. The van der Waals surface area contributed by atoms with E-state index >= 15 is 0 Å². The Morgan fingerprint density at radius 2 is 2.05 bits per heavy atom. The van der Waals surface area contributed by atoms with Gasteiger partial charge in [-0.15, -0.1) is 0 Å². The van der Waals surface area contributed by atoms with Crippen LogP contribution in [0.5, 0.6) is 0 Å². The Hall–Kier alpha value is -1.91. The summed E-state index contributed by atoms with van der Waals surface area (Å²) in [5.41, 5.74) is 0.654. The number of hydrogen-bond donors (Lipinski definition) is 1. The number of carbonyl (C=O) groups is 2. The lowest BCUT2D eigenvalue weighted by molar-refractivity contribution is 0.0602. The fourth-order valence-corrected chi connectivity index (χ4v) is 2.86. The van der Waals surface area contributed by atoms with Crippen molar-refractivity contribution in [3.05, 3.63) is 29.6 Å². The van der Waals surface area contributed by atoms with Gasteiger partial charge in [-0.1, -0.05) is 13.0 Å². The fraction of sp³-hybridized carbons (Fsp3) is 0.588. The van der Waals surface area contributed by atoms with Gasteiger partial charge in [0, 0.05) is 18.6 Å². The van der Waals surface area contributed by atoms with E-state index in [2.05, 4.69) is 17.2 Å². The molecule has 1 atom stereocenters. The van der Waals surface area contributed by atoms with E-state index in [1.54, 1.807) is 18.2 Å². The highest BCUT2D eigenvalue weighted by atomic mass is 16.2. The van der Waals surface area contributed by atoms with Crippen molar-refractivity contribution in [3.63, 3.8) is 0 Å². The summed E-state index contributed by atoms with van der Waals surface area (Å²) >= 11 is 0. The molecule has 1 saturated heterocycles. The molecule has 0 radical (unpaired) electrons. The molecule has 1 aliphatic heterocycles. The Kier molecular flexibility index (Phi) is 5.52. The zero-order valence-electron chi connectivity index (χ0n) is 13.6. The third-order valence-corrected chi connectivity index (χ3v) is 3.98. The molecule has 1 fully saturated rings. The number of aromatic nitrogens is 1. The number of likely N-dealkylation sites (tertiary alicyclic amines) is 1. The second-order valence-electron chi connectivity index (χ2n) is 6.09. The van der Waals surface area contributed by atoms with Crippen molar-refractivity contribution < 1.29 is 9.59 Å². The van der Waals surface area contributed by atoms with E-state index in [-0.39, 0.29) is 23.9 Å². The van der Waals surface area contributed by atoms with Crippen LogP contribution in [0.15, 0.2) is 18.2 Å². The minimum absolute atomic E-state index is 0.0419. The monoisotopic (exact) mass is 303 g/mol. The van der Waals surface area contributed by atoms with Gasteiger partial charge >= 0.3 is 0 Å². The highest BCUT2D eigenvalue weighted by molar-refractivity contribution is 5.96. The smallest absolute Gasteiger partial charge is 0.272 e. The van der Waals surface area contributed by atoms with Crippen LogP contribution in [0.25, 0.3) is 0 Å². The van der Waals surface area contributed by atoms with Gasteiger partial charge in [-0.05, 0) is 51.7 Å². The lowest BCUT2D eigenvalue weighted by Gasteiger charge is -2.35. The maximum atomic E-state index is 12.7. The van der Waals surface area contributed by atoms with E-state index in [1.807, 2.05) is 18.7 Å². The van der Waals surface area contributed by atoms with Crippen LogP contribution in [0.3, 0.4) is 0 Å². The number of pyridine rings is 1. The first-order valence-electron chi connectivity index (χ1n) is 8.11. The second-order valence-corrected chi connectivity index (χ2v) is 6.09. The molecule has 5 nitrogen and oxygen atoms in total. The van der Waals surface area contributed by atoms with Crippen molar-refractivity contribution in [1.29, 1.82) is 0 Å². The minimum atomic E-state index is -0.240. The van der Waals surface area contributed by atoms with Gasteiger partial charge in [-0.2, -0.15) is 0 Å². The van der Waals surface area contributed by atoms with Crippen LogP contribution in [0.2, 0.25) is 0 Å². The lowest BCUT2D eigenvalue weighted by atomic mass is 9.99. The highest BCUT2D eigenvalue weighted by Gasteiger charge is 2.27. The molecule has 1 aliphatic rings. The van der Waals surface area contributed by atoms with E-state index in [4.69, 9.17) is 0 Å². The minimum Gasteiger partial charge on any atom is -0.349 e. The summed E-state index contributed by atoms with van der Waals surface area (Å²) in [5, 5.41) is 2.80. The number of rotatable bonds is 4. The molecule has 2 rings (SSSR count). The van der Waals surface area contributed by atoms with E-state index < -0.39 is 0 Å². The summed E-state index contributed by atoms with van der Waals surface area (Å²) in [6, 6.07) is 5.38. The van der Waals surface area contributed by atoms with Crippen LogP contribution in [-0.4, -0.2) is 40.3 Å². The molecule has 1 unspecified atom stereocenters. The zero-order chi connectivity index (χ0) is 16.1. The first kappa shape index (κ1) is 16.5. The van der Waals surface area contributed by atoms with Gasteiger partial charge in [0.15, 0.2) is 0 Å². The first-order chi connectivity index (χ1) is 10.5. The van der Waals surface area contributed by atoms with Crippen molar-refractivity contribution in [2.24, 2.45) is 0 Å². The molecule has 0 bridgehead atoms. The standard InChI is InChI=1S/C17H25N3O2/c1-4-13-8-5-6-11-20(13)17(22)15-10-7-9-14(19-15)16(21)18-12(2)3/h7,9-10,12-13H,4-6,8,11H2,1-3H3,(H,18,21). The summed E-state index contributed by atoms with van der Waals surface area (Å²) in [5.74, 6) is -0.305. The number of nitrogens with zero attached hydrogens (tertiary/aromatic N) is 2. The van der Waals surface area contributed by atoms with Gasteiger partial charge in [0.25, 0.3) is 11.8 Å².